The summed E-state index contributed by atoms with van der Waals surface area (Å²) in [7, 11) is 1.46. The number of carbonyl (C=O) groups is 2. The number of aryl methyl sites for hydroxylation is 1. The number of amides is 1. The Kier molecular flexibility index (Phi) is 6.00. The lowest BCUT2D eigenvalue weighted by Gasteiger charge is -2.20. The molecular weight excluding hydrogens is 378 g/mol. The van der Waals surface area contributed by atoms with E-state index in [0.29, 0.717) is 23.9 Å². The van der Waals surface area contributed by atoms with Gasteiger partial charge in [-0.1, -0.05) is 30.3 Å². The molecule has 2 aromatic heterocycles. The van der Waals surface area contributed by atoms with Crippen molar-refractivity contribution in [1.82, 2.24) is 14.7 Å². The van der Waals surface area contributed by atoms with Gasteiger partial charge in [0, 0.05) is 23.9 Å². The molecule has 0 fully saturated rings. The van der Waals surface area contributed by atoms with Gasteiger partial charge in [-0.05, 0) is 17.5 Å². The standard InChI is InChI=1S/C20H19N3O4S/c1-3-10-23(12-14-7-6-11-28-14)17(24)13-27-20(26)18-15-8-4-5-9-16(15)19(25)22(2)21-18/h3-9,11H,1,10,12-13H2,2H3. The van der Waals surface area contributed by atoms with Crippen molar-refractivity contribution in [1.29, 1.82) is 0 Å². The van der Waals surface area contributed by atoms with E-state index in [1.807, 2.05) is 17.5 Å². The summed E-state index contributed by atoms with van der Waals surface area (Å²) in [6, 6.07) is 10.5. The molecule has 1 aromatic carbocycles. The number of hydrogen-bond acceptors (Lipinski definition) is 6. The van der Waals surface area contributed by atoms with Crippen molar-refractivity contribution >= 4 is 34.0 Å². The van der Waals surface area contributed by atoms with E-state index in [4.69, 9.17) is 4.74 Å². The lowest BCUT2D eigenvalue weighted by molar-refractivity contribution is -0.134. The molecule has 144 valence electrons. The molecule has 0 aliphatic rings. The average molecular weight is 397 g/mol. The lowest BCUT2D eigenvalue weighted by atomic mass is 10.1. The van der Waals surface area contributed by atoms with Crippen LogP contribution < -0.4 is 5.56 Å². The summed E-state index contributed by atoms with van der Waals surface area (Å²) < 4.78 is 6.29. The van der Waals surface area contributed by atoms with E-state index in [1.54, 1.807) is 46.6 Å². The van der Waals surface area contributed by atoms with Crippen molar-refractivity contribution in [2.45, 2.75) is 6.54 Å². The molecule has 0 aliphatic carbocycles. The molecule has 28 heavy (non-hydrogen) atoms. The van der Waals surface area contributed by atoms with E-state index in [1.165, 1.54) is 7.05 Å². The molecule has 1 amide bonds. The molecule has 0 radical (unpaired) electrons. The Morgan fingerprint density at radius 3 is 2.68 bits per heavy atom. The Bertz CT molecular complexity index is 1070. The Morgan fingerprint density at radius 1 is 1.25 bits per heavy atom. The third-order valence-corrected chi connectivity index (χ3v) is 4.97. The fourth-order valence-electron chi connectivity index (χ4n) is 2.74. The molecule has 3 rings (SSSR count). The zero-order chi connectivity index (χ0) is 20.1. The molecule has 0 spiro atoms. The van der Waals surface area contributed by atoms with E-state index in [9.17, 15) is 14.4 Å². The molecular formula is C20H19N3O4S. The largest absolute Gasteiger partial charge is 0.451 e. The Hall–Kier alpha value is -3.26. The van der Waals surface area contributed by atoms with Crippen LogP contribution in [0.2, 0.25) is 0 Å². The highest BCUT2D eigenvalue weighted by Gasteiger charge is 2.20. The number of carbonyl (C=O) groups excluding carboxylic acids is 2. The van der Waals surface area contributed by atoms with Crippen molar-refractivity contribution in [2.24, 2.45) is 7.05 Å². The molecule has 0 saturated carbocycles. The van der Waals surface area contributed by atoms with Gasteiger partial charge in [-0.15, -0.1) is 17.9 Å². The molecule has 3 aromatic rings. The van der Waals surface area contributed by atoms with Gasteiger partial charge in [-0.2, -0.15) is 5.10 Å². The summed E-state index contributed by atoms with van der Waals surface area (Å²) in [4.78, 5) is 39.8. The number of rotatable bonds is 7. The number of fused-ring (bicyclic) bond motifs is 1. The SMILES string of the molecule is C=CCN(Cc1cccs1)C(=O)COC(=O)c1nn(C)c(=O)c2ccccc12. The van der Waals surface area contributed by atoms with Crippen LogP contribution in [0.1, 0.15) is 15.4 Å². The molecule has 0 N–H and O–H groups in total. The second-order valence-electron chi connectivity index (χ2n) is 6.04. The summed E-state index contributed by atoms with van der Waals surface area (Å²) in [6.45, 7) is 4.01. The second kappa shape index (κ2) is 8.62. The first-order valence-corrected chi connectivity index (χ1v) is 9.43. The van der Waals surface area contributed by atoms with Gasteiger partial charge in [0.15, 0.2) is 12.3 Å². The number of hydrogen-bond donors (Lipinski definition) is 0. The van der Waals surface area contributed by atoms with Crippen LogP contribution in [0.3, 0.4) is 0 Å². The van der Waals surface area contributed by atoms with Crippen molar-refractivity contribution < 1.29 is 14.3 Å². The highest BCUT2D eigenvalue weighted by atomic mass is 32.1. The van der Waals surface area contributed by atoms with Crippen molar-refractivity contribution in [2.75, 3.05) is 13.2 Å². The topological polar surface area (TPSA) is 81.5 Å². The van der Waals surface area contributed by atoms with Gasteiger partial charge in [0.05, 0.1) is 11.9 Å². The number of benzene rings is 1. The molecule has 8 heteroatoms. The van der Waals surface area contributed by atoms with Crippen LogP contribution in [-0.4, -0.2) is 39.7 Å². The van der Waals surface area contributed by atoms with Crippen molar-refractivity contribution in [3.8, 4) is 0 Å². The van der Waals surface area contributed by atoms with E-state index in [2.05, 4.69) is 11.7 Å². The Balaban J connectivity index is 1.75. The minimum atomic E-state index is -0.755. The number of thiophene rings is 1. The molecule has 0 saturated heterocycles. The van der Waals surface area contributed by atoms with Gasteiger partial charge in [0.25, 0.3) is 11.5 Å². The van der Waals surface area contributed by atoms with Crippen LogP contribution in [0.15, 0.2) is 59.2 Å². The van der Waals surface area contributed by atoms with Gasteiger partial charge in [-0.3, -0.25) is 9.59 Å². The number of nitrogens with zero attached hydrogens (tertiary/aromatic N) is 3. The summed E-state index contributed by atoms with van der Waals surface area (Å²) in [5, 5.41) is 6.70. The van der Waals surface area contributed by atoms with Crippen molar-refractivity contribution in [3.63, 3.8) is 0 Å². The summed E-state index contributed by atoms with van der Waals surface area (Å²) in [5.41, 5.74) is -0.310. The highest BCUT2D eigenvalue weighted by Crippen LogP contribution is 2.15. The zero-order valence-corrected chi connectivity index (χ0v) is 16.1. The van der Waals surface area contributed by atoms with Gasteiger partial charge in [0.2, 0.25) is 0 Å². The van der Waals surface area contributed by atoms with Crippen LogP contribution in [-0.2, 0) is 23.1 Å². The third-order valence-electron chi connectivity index (χ3n) is 4.11. The Morgan fingerprint density at radius 2 is 2.00 bits per heavy atom. The highest BCUT2D eigenvalue weighted by molar-refractivity contribution is 7.09. The fraction of sp³-hybridized carbons (Fsp3) is 0.200. The van der Waals surface area contributed by atoms with Gasteiger partial charge in [0.1, 0.15) is 0 Å². The van der Waals surface area contributed by atoms with Crippen molar-refractivity contribution in [3.05, 3.63) is 75.4 Å². The predicted molar refractivity (Wildman–Crippen MR) is 107 cm³/mol. The van der Waals surface area contributed by atoms with Gasteiger partial charge >= 0.3 is 5.97 Å². The molecule has 0 atom stereocenters. The van der Waals surface area contributed by atoms with E-state index in [-0.39, 0.29) is 17.2 Å². The quantitative estimate of drug-likeness (QED) is 0.452. The van der Waals surface area contributed by atoms with Crippen LogP contribution in [0, 0.1) is 0 Å². The number of ether oxygens (including phenoxy) is 1. The van der Waals surface area contributed by atoms with E-state index < -0.39 is 12.6 Å². The normalized spacial score (nSPS) is 10.6. The predicted octanol–water partition coefficient (Wildman–Crippen LogP) is 2.37. The molecule has 0 unspecified atom stereocenters. The molecule has 2 heterocycles. The smallest absolute Gasteiger partial charge is 0.359 e. The van der Waals surface area contributed by atoms with Crippen LogP contribution in [0.25, 0.3) is 10.8 Å². The van der Waals surface area contributed by atoms with Crippen LogP contribution in [0.5, 0.6) is 0 Å². The monoisotopic (exact) mass is 397 g/mol. The van der Waals surface area contributed by atoms with E-state index in [0.717, 1.165) is 9.56 Å². The lowest BCUT2D eigenvalue weighted by Crippen LogP contribution is -2.34. The maximum absolute atomic E-state index is 12.5. The van der Waals surface area contributed by atoms with E-state index >= 15 is 0 Å². The number of esters is 1. The zero-order valence-electron chi connectivity index (χ0n) is 15.3. The number of aromatic nitrogens is 2. The first kappa shape index (κ1) is 19.5. The first-order valence-electron chi connectivity index (χ1n) is 8.55. The fourth-order valence-corrected chi connectivity index (χ4v) is 3.46. The third kappa shape index (κ3) is 4.17. The maximum Gasteiger partial charge on any atom is 0.359 e. The average Bonchev–Trinajstić information content (AvgIpc) is 3.21. The second-order valence-corrected chi connectivity index (χ2v) is 7.07. The van der Waals surface area contributed by atoms with Crippen LogP contribution >= 0.6 is 11.3 Å². The van der Waals surface area contributed by atoms with Gasteiger partial charge < -0.3 is 9.64 Å². The minimum Gasteiger partial charge on any atom is -0.451 e. The van der Waals surface area contributed by atoms with Crippen LogP contribution in [0.4, 0.5) is 0 Å². The molecule has 0 aliphatic heterocycles. The molecule has 0 bridgehead atoms. The maximum atomic E-state index is 12.5. The van der Waals surface area contributed by atoms with Gasteiger partial charge in [-0.25, -0.2) is 9.48 Å². The summed E-state index contributed by atoms with van der Waals surface area (Å²) in [6.07, 6.45) is 1.62. The molecule has 7 nitrogen and oxygen atoms in total. The first-order chi connectivity index (χ1) is 13.5. The summed E-state index contributed by atoms with van der Waals surface area (Å²) in [5.74, 6) is -1.09. The summed E-state index contributed by atoms with van der Waals surface area (Å²) >= 11 is 1.54. The Labute approximate surface area is 165 Å². The minimum absolute atomic E-state index is 0.000900.